The van der Waals surface area contributed by atoms with Gasteiger partial charge in [-0.15, -0.1) is 0 Å². The van der Waals surface area contributed by atoms with Crippen molar-refractivity contribution in [2.75, 3.05) is 0 Å². The quantitative estimate of drug-likeness (QED) is 0.398. The van der Waals surface area contributed by atoms with Crippen molar-refractivity contribution in [2.24, 2.45) is 0 Å². The molecule has 0 spiro atoms. The molecule has 0 saturated heterocycles. The maximum absolute atomic E-state index is 3.62. The van der Waals surface area contributed by atoms with E-state index < -0.39 is 0 Å². The maximum Gasteiger partial charge on any atom is 0.149 e. The van der Waals surface area contributed by atoms with Crippen LogP contribution in [0.5, 0.6) is 0 Å². The van der Waals surface area contributed by atoms with Gasteiger partial charge < -0.3 is 0 Å². The van der Waals surface area contributed by atoms with Gasteiger partial charge in [-0.05, 0) is 6.58 Å². The minimum Gasteiger partial charge on any atom is -0.00619 e. The molecule has 0 radical (unpaired) electrons. The summed E-state index contributed by atoms with van der Waals surface area (Å²) in [5, 5.41) is 0.968. The Hall–Kier alpha value is -0.870. The molecule has 0 aliphatic rings. The molecule has 0 saturated carbocycles. The van der Waals surface area contributed by atoms with Crippen molar-refractivity contribution < 1.29 is 0 Å². The first-order chi connectivity index (χ1) is 2.89. The van der Waals surface area contributed by atoms with Gasteiger partial charge in [0, 0.05) is 6.07 Å². The van der Waals surface area contributed by atoms with Gasteiger partial charge in [0.15, 0.2) is 0 Å². The van der Waals surface area contributed by atoms with Crippen LogP contribution in [0.15, 0.2) is 18.2 Å². The average molecular weight is 77.1 g/mol. The molecule has 6 heavy (non-hydrogen) atoms. The molecule has 0 N–H and O–H groups in total. The molecule has 1 rings (SSSR count). The van der Waals surface area contributed by atoms with Crippen LogP contribution >= 0.6 is 0 Å². The van der Waals surface area contributed by atoms with Crippen LogP contribution in [0.1, 0.15) is 0 Å². The van der Waals surface area contributed by atoms with Crippen LogP contribution in [0.25, 0.3) is 6.58 Å². The highest BCUT2D eigenvalue weighted by molar-refractivity contribution is 5.07. The zero-order chi connectivity index (χ0) is 4.41. The minimum atomic E-state index is 0.968. The van der Waals surface area contributed by atoms with E-state index in [1.807, 2.05) is 18.2 Å². The van der Waals surface area contributed by atoms with Crippen molar-refractivity contribution in [3.05, 3.63) is 29.5 Å². The summed E-state index contributed by atoms with van der Waals surface area (Å²) >= 11 is 0. The largest absolute Gasteiger partial charge is 0.149 e. The molecule has 0 atom stereocenters. The molecule has 1 aromatic carbocycles. The van der Waals surface area contributed by atoms with E-state index in [4.69, 9.17) is 0 Å². The highest BCUT2D eigenvalue weighted by Gasteiger charge is 1.78. The molecule has 0 heteroatoms. The van der Waals surface area contributed by atoms with Crippen LogP contribution < -0.4 is 5.22 Å². The zero-order valence-corrected chi connectivity index (χ0v) is 3.44. The van der Waals surface area contributed by atoms with Gasteiger partial charge in [0.25, 0.3) is 0 Å². The van der Waals surface area contributed by atoms with E-state index in [1.54, 1.807) is 0 Å². The number of rotatable bonds is 0. The number of hydrogen-bond acceptors (Lipinski definition) is 0. The summed E-state index contributed by atoms with van der Waals surface area (Å²) in [6.45, 7) is 3.62. The summed E-state index contributed by atoms with van der Waals surface area (Å²) in [7, 11) is 0. The van der Waals surface area contributed by atoms with E-state index >= 15 is 0 Å². The lowest BCUT2D eigenvalue weighted by atomic mass is 10.5. The van der Waals surface area contributed by atoms with E-state index in [0.717, 1.165) is 5.22 Å². The molecule has 0 aliphatic carbocycles. The molecule has 0 bridgehead atoms. The van der Waals surface area contributed by atoms with Gasteiger partial charge in [-0.1, -0.05) is 0 Å². The van der Waals surface area contributed by atoms with Gasteiger partial charge in [-0.2, -0.15) is 0 Å². The molecule has 1 aromatic rings. The Labute approximate surface area is 37.1 Å². The molecule has 0 aliphatic heterocycles. The lowest BCUT2D eigenvalue weighted by molar-refractivity contribution is 1.82. The normalized spacial score (nSPS) is 8.00. The van der Waals surface area contributed by atoms with Crippen molar-refractivity contribution in [1.29, 1.82) is 0 Å². The Morgan fingerprint density at radius 1 is 1.67 bits per heavy atom. The van der Waals surface area contributed by atoms with Crippen LogP contribution in [0.3, 0.4) is 0 Å². The van der Waals surface area contributed by atoms with Gasteiger partial charge in [-0.3, -0.25) is 0 Å². The monoisotopic (exact) mass is 77.0 g/mol. The van der Waals surface area contributed by atoms with Crippen molar-refractivity contribution in [1.82, 2.24) is 0 Å². The van der Waals surface area contributed by atoms with Gasteiger partial charge in [0.05, 0.1) is 18.2 Å². The topological polar surface area (TPSA) is 0 Å². The lowest BCUT2D eigenvalue weighted by Gasteiger charge is -1.39. The third kappa shape index (κ3) is 0.378. The fourth-order valence-corrected chi connectivity index (χ4v) is 0.368. The Balaban J connectivity index is 3.41. The highest BCUT2D eigenvalue weighted by atomic mass is 13.7. The predicted octanol–water partition coefficient (Wildman–Crippen LogP) is 0.616. The van der Waals surface area contributed by atoms with E-state index in [9.17, 15) is 0 Å². The highest BCUT2D eigenvalue weighted by Crippen LogP contribution is 1.69. The van der Waals surface area contributed by atoms with Crippen LogP contribution in [-0.4, -0.2) is 0 Å². The van der Waals surface area contributed by atoms with Crippen molar-refractivity contribution in [3.63, 3.8) is 0 Å². The Kier molecular flexibility index (Phi) is 0.597. The third-order valence-electron chi connectivity index (χ3n) is 0.662. The average Bonchev–Trinajstić information content (AvgIpc) is 1.86. The van der Waals surface area contributed by atoms with E-state index in [-0.39, 0.29) is 0 Å². The van der Waals surface area contributed by atoms with Gasteiger partial charge >= 0.3 is 0 Å². The molecule has 0 fully saturated rings. The van der Waals surface area contributed by atoms with Gasteiger partial charge in [0.1, 0.15) is 5.22 Å². The van der Waals surface area contributed by atoms with Gasteiger partial charge in [0.2, 0.25) is 0 Å². The summed E-state index contributed by atoms with van der Waals surface area (Å²) in [5.41, 5.74) is 0. The van der Waals surface area contributed by atoms with E-state index in [2.05, 4.69) is 12.6 Å². The summed E-state index contributed by atoms with van der Waals surface area (Å²) < 4.78 is 0. The second-order valence-corrected chi connectivity index (χ2v) is 1.20. The summed E-state index contributed by atoms with van der Waals surface area (Å²) in [6.07, 6.45) is 0. The first-order valence-electron chi connectivity index (χ1n) is 1.85. The lowest BCUT2D eigenvalue weighted by Crippen LogP contribution is -1.83. The zero-order valence-electron chi connectivity index (χ0n) is 3.44. The molecule has 0 aromatic heterocycles. The van der Waals surface area contributed by atoms with E-state index in [1.165, 1.54) is 0 Å². The van der Waals surface area contributed by atoms with Gasteiger partial charge in [-0.25, -0.2) is 0 Å². The van der Waals surface area contributed by atoms with Crippen molar-refractivity contribution >= 4 is 6.58 Å². The van der Waals surface area contributed by atoms with Crippen molar-refractivity contribution in [3.8, 4) is 0 Å². The van der Waals surface area contributed by atoms with Crippen LogP contribution in [0.4, 0.5) is 0 Å². The molecular weight excluding hydrogens is 72.1 g/mol. The molecule has 0 amide bonds. The molecule has 28 valence electrons. The molecular formula is C6H5+. The molecule has 0 heterocycles. The SMILES string of the molecule is C=c1[c+]ccc1. The standard InChI is InChI=1S/C6H5/c1-6-4-2-3-5-6/h2-4H,1H2/q+1. The van der Waals surface area contributed by atoms with E-state index in [0.29, 0.717) is 0 Å². The van der Waals surface area contributed by atoms with Crippen LogP contribution in [-0.2, 0) is 0 Å². The summed E-state index contributed by atoms with van der Waals surface area (Å²) in [4.78, 5) is 0. The number of hydrogen-bond donors (Lipinski definition) is 0. The second kappa shape index (κ2) is 1.08. The summed E-state index contributed by atoms with van der Waals surface area (Å²) in [6, 6.07) is 8.57. The Morgan fingerprint density at radius 2 is 2.50 bits per heavy atom. The summed E-state index contributed by atoms with van der Waals surface area (Å²) in [5.74, 6) is 0. The Bertz CT molecular complexity index is 138. The minimum absolute atomic E-state index is 0.968. The smallest absolute Gasteiger partial charge is 0.00619 e. The van der Waals surface area contributed by atoms with Crippen LogP contribution in [0.2, 0.25) is 0 Å². The Morgan fingerprint density at radius 3 is 2.67 bits per heavy atom. The van der Waals surface area contributed by atoms with Crippen molar-refractivity contribution in [2.45, 2.75) is 0 Å². The third-order valence-corrected chi connectivity index (χ3v) is 0.662. The fraction of sp³-hybridized carbons (Fsp3) is 0. The first kappa shape index (κ1) is 3.32. The second-order valence-electron chi connectivity index (χ2n) is 1.20. The molecule has 0 nitrogen and oxygen atoms in total. The first-order valence-corrected chi connectivity index (χ1v) is 1.85. The molecule has 0 unspecified atom stereocenters. The maximum atomic E-state index is 3.62. The fourth-order valence-electron chi connectivity index (χ4n) is 0.368. The van der Waals surface area contributed by atoms with Crippen LogP contribution in [0, 0.1) is 6.07 Å². The predicted molar refractivity (Wildman–Crippen MR) is 26.0 cm³/mol.